The maximum absolute atomic E-state index is 14.2. The van der Waals surface area contributed by atoms with Gasteiger partial charge >= 0.3 is 0 Å². The van der Waals surface area contributed by atoms with Crippen LogP contribution in [-0.2, 0) is 9.53 Å². The van der Waals surface area contributed by atoms with E-state index in [1.807, 2.05) is 34.6 Å². The molecule has 0 unspecified atom stereocenters. The molecule has 0 spiro atoms. The Labute approximate surface area is 264 Å². The summed E-state index contributed by atoms with van der Waals surface area (Å²) in [4.78, 5) is 14.2. The van der Waals surface area contributed by atoms with E-state index in [1.54, 1.807) is 6.07 Å². The Balaban J connectivity index is 1.41. The Morgan fingerprint density at radius 1 is 1.04 bits per heavy atom. The number of benzene rings is 1. The van der Waals surface area contributed by atoms with Gasteiger partial charge in [-0.2, -0.15) is 0 Å². The number of phenols is 2. The van der Waals surface area contributed by atoms with E-state index in [9.17, 15) is 45.6 Å². The van der Waals surface area contributed by atoms with Gasteiger partial charge in [-0.25, -0.2) is 0 Å². The van der Waals surface area contributed by atoms with Crippen LogP contribution in [0.5, 0.6) is 11.5 Å². The van der Waals surface area contributed by atoms with E-state index in [4.69, 9.17) is 4.74 Å². The van der Waals surface area contributed by atoms with E-state index in [0.29, 0.717) is 24.0 Å². The lowest BCUT2D eigenvalue weighted by Crippen LogP contribution is -2.64. The van der Waals surface area contributed by atoms with Crippen LogP contribution in [0.2, 0.25) is 0 Å². The van der Waals surface area contributed by atoms with Crippen molar-refractivity contribution in [1.29, 1.82) is 0 Å². The van der Waals surface area contributed by atoms with Crippen molar-refractivity contribution in [2.24, 2.45) is 40.4 Å². The van der Waals surface area contributed by atoms with Crippen molar-refractivity contribution in [3.8, 4) is 11.5 Å². The molecule has 8 N–H and O–H groups in total. The minimum Gasteiger partial charge on any atom is -0.504 e. The topological polar surface area (TPSA) is 188 Å². The number of phenolic OH excluding ortho intramolecular Hbond substituents is 2. The van der Waals surface area contributed by atoms with Crippen LogP contribution < -0.4 is 0 Å². The third-order valence-electron chi connectivity index (χ3n) is 13.3. The maximum Gasteiger partial charge on any atom is 0.160 e. The average molecular weight is 631 g/mol. The lowest BCUT2D eigenvalue weighted by Gasteiger charge is -2.62. The summed E-state index contributed by atoms with van der Waals surface area (Å²) in [7, 11) is 0. The number of aliphatic hydroxyl groups is 6. The number of ether oxygens (including phenoxy) is 1. The highest BCUT2D eigenvalue weighted by atomic mass is 16.5. The number of ketones is 1. The standard InChI is InChI=1S/C35H50O10/c1-16(2)17(3)28(41)31-34(43,10-11-36)30-25(45-31)15-35(44)20-13-23(39)27-26(18-6-7-21(37)22(38)12-18)29(42)24(40)14-32(27,4)19(20)8-9-33(30,35)5/h6-7,12-13,16-17,19,24-31,36-38,40-44H,8-11,14-15H2,1-5H3/t17-,19+,24-,25-,26+,27-,28-,29-,30+,31+,32+,33+,34+,35-/m0/s1. The number of fused-ring (bicyclic) bond motifs is 7. The highest BCUT2D eigenvalue weighted by Gasteiger charge is 2.76. The van der Waals surface area contributed by atoms with Crippen molar-refractivity contribution >= 4 is 5.78 Å². The second-order valence-corrected chi connectivity index (χ2v) is 15.7. The molecule has 1 heterocycles. The number of carbonyl (C=O) groups is 1. The maximum atomic E-state index is 14.2. The molecule has 10 heteroatoms. The summed E-state index contributed by atoms with van der Waals surface area (Å²) < 4.78 is 6.47. The molecule has 4 fully saturated rings. The second kappa shape index (κ2) is 10.7. The van der Waals surface area contributed by atoms with Gasteiger partial charge in [0, 0.05) is 42.6 Å². The monoisotopic (exact) mass is 630 g/mol. The molecule has 0 amide bonds. The van der Waals surface area contributed by atoms with Crippen LogP contribution in [0.1, 0.15) is 78.2 Å². The first-order valence-corrected chi connectivity index (χ1v) is 16.5. The number of rotatable bonds is 6. The van der Waals surface area contributed by atoms with Crippen molar-refractivity contribution in [3.05, 3.63) is 35.4 Å². The minimum absolute atomic E-state index is 0.0290. The summed E-state index contributed by atoms with van der Waals surface area (Å²) in [6, 6.07) is 4.17. The molecule has 6 rings (SSSR count). The minimum atomic E-state index is -1.61. The summed E-state index contributed by atoms with van der Waals surface area (Å²) >= 11 is 0. The predicted molar refractivity (Wildman–Crippen MR) is 163 cm³/mol. The zero-order valence-electron chi connectivity index (χ0n) is 26.8. The summed E-state index contributed by atoms with van der Waals surface area (Å²) in [5.74, 6) is -3.65. The number of allylic oxidation sites excluding steroid dienone is 1. The highest BCUT2D eigenvalue weighted by Crippen LogP contribution is 2.72. The summed E-state index contributed by atoms with van der Waals surface area (Å²) in [6.45, 7) is 9.42. The zero-order chi connectivity index (χ0) is 33.0. The Kier molecular flexibility index (Phi) is 7.84. The van der Waals surface area contributed by atoms with Crippen molar-refractivity contribution < 1.29 is 50.4 Å². The van der Waals surface area contributed by atoms with Crippen LogP contribution in [0, 0.1) is 40.4 Å². The molecule has 14 atom stereocenters. The number of aromatic hydroxyl groups is 2. The normalized spacial score (nSPS) is 47.0. The molecular weight excluding hydrogens is 580 g/mol. The molecule has 0 aromatic heterocycles. The Bertz CT molecular complexity index is 1380. The van der Waals surface area contributed by atoms with Gasteiger partial charge in [0.15, 0.2) is 17.3 Å². The highest BCUT2D eigenvalue weighted by molar-refractivity contribution is 5.96. The molecule has 3 saturated carbocycles. The molecule has 4 aliphatic carbocycles. The molecule has 0 radical (unpaired) electrons. The molecule has 10 nitrogen and oxygen atoms in total. The van der Waals surface area contributed by atoms with Crippen LogP contribution >= 0.6 is 0 Å². The van der Waals surface area contributed by atoms with E-state index in [-0.39, 0.29) is 60.9 Å². The molecule has 1 aromatic rings. The van der Waals surface area contributed by atoms with Gasteiger partial charge in [0.2, 0.25) is 0 Å². The van der Waals surface area contributed by atoms with Crippen LogP contribution in [0.3, 0.4) is 0 Å². The lowest BCUT2D eigenvalue weighted by molar-refractivity contribution is -0.185. The molecule has 5 aliphatic rings. The lowest BCUT2D eigenvalue weighted by atomic mass is 9.43. The smallest absolute Gasteiger partial charge is 0.160 e. The van der Waals surface area contributed by atoms with Crippen LogP contribution in [0.4, 0.5) is 0 Å². The van der Waals surface area contributed by atoms with Gasteiger partial charge in [0.05, 0.1) is 30.0 Å². The van der Waals surface area contributed by atoms with Gasteiger partial charge in [-0.05, 0) is 71.8 Å². The van der Waals surface area contributed by atoms with Crippen LogP contribution in [0.15, 0.2) is 29.8 Å². The fourth-order valence-corrected chi connectivity index (χ4v) is 10.7. The molecule has 250 valence electrons. The summed E-state index contributed by atoms with van der Waals surface area (Å²) in [6.07, 6.45) is -2.30. The van der Waals surface area contributed by atoms with E-state index in [0.717, 1.165) is 0 Å². The number of aliphatic hydroxyl groups excluding tert-OH is 4. The van der Waals surface area contributed by atoms with Gasteiger partial charge in [-0.15, -0.1) is 0 Å². The molecule has 1 saturated heterocycles. The van der Waals surface area contributed by atoms with Crippen molar-refractivity contribution in [1.82, 2.24) is 0 Å². The second-order valence-electron chi connectivity index (χ2n) is 15.7. The zero-order valence-corrected chi connectivity index (χ0v) is 26.8. The fourth-order valence-electron chi connectivity index (χ4n) is 10.7. The Hall–Kier alpha value is -2.05. The van der Waals surface area contributed by atoms with Crippen molar-refractivity contribution in [2.75, 3.05) is 6.61 Å². The molecule has 1 aromatic carbocycles. The fraction of sp³-hybridized carbons (Fsp3) is 0.743. The van der Waals surface area contributed by atoms with Gasteiger partial charge in [0.25, 0.3) is 0 Å². The summed E-state index contributed by atoms with van der Waals surface area (Å²) in [5.41, 5.74) is -3.98. The van der Waals surface area contributed by atoms with E-state index in [2.05, 4.69) is 0 Å². The van der Waals surface area contributed by atoms with Gasteiger partial charge < -0.3 is 45.6 Å². The first-order chi connectivity index (χ1) is 21.0. The van der Waals surface area contributed by atoms with Crippen molar-refractivity contribution in [2.45, 2.75) is 114 Å². The first-order valence-electron chi connectivity index (χ1n) is 16.5. The SMILES string of the molecule is CC(C)[C@H](C)[C@H](O)[C@H]1O[C@H]2C[C@]3(O)C4=CC(=O)[C@H]5[C@@H](c6ccc(O)c(O)c6)[C@@H](O)[C@@H](O)C[C@]5(C)[C@@H]4CC[C@]3(C)[C@@H]2[C@]1(O)CCO. The van der Waals surface area contributed by atoms with Crippen molar-refractivity contribution in [3.63, 3.8) is 0 Å². The van der Waals surface area contributed by atoms with E-state index in [1.165, 1.54) is 18.2 Å². The average Bonchev–Trinajstić information content (AvgIpc) is 3.38. The quantitative estimate of drug-likeness (QED) is 0.216. The van der Waals surface area contributed by atoms with Crippen LogP contribution in [-0.4, -0.2) is 95.0 Å². The Morgan fingerprint density at radius 3 is 2.36 bits per heavy atom. The third-order valence-corrected chi connectivity index (χ3v) is 13.3. The summed E-state index contributed by atoms with van der Waals surface area (Å²) in [5, 5.41) is 89.1. The molecular formula is C35H50O10. The third kappa shape index (κ3) is 4.36. The Morgan fingerprint density at radius 2 is 1.73 bits per heavy atom. The van der Waals surface area contributed by atoms with Gasteiger partial charge in [-0.3, -0.25) is 4.79 Å². The number of hydrogen-bond donors (Lipinski definition) is 8. The number of hydrogen-bond acceptors (Lipinski definition) is 10. The largest absolute Gasteiger partial charge is 0.504 e. The van der Waals surface area contributed by atoms with Gasteiger partial charge in [-0.1, -0.05) is 40.7 Å². The predicted octanol–water partition coefficient (Wildman–Crippen LogP) is 2.14. The number of carbonyl (C=O) groups excluding carboxylic acids is 1. The van der Waals surface area contributed by atoms with E-state index < -0.39 is 70.3 Å². The molecule has 45 heavy (non-hydrogen) atoms. The van der Waals surface area contributed by atoms with Gasteiger partial charge in [0.1, 0.15) is 11.7 Å². The van der Waals surface area contributed by atoms with Crippen LogP contribution in [0.25, 0.3) is 0 Å². The first kappa shape index (κ1) is 32.9. The molecule has 0 bridgehead atoms. The molecule has 1 aliphatic heterocycles. The van der Waals surface area contributed by atoms with E-state index >= 15 is 0 Å².